The highest BCUT2D eigenvalue weighted by atomic mass is 32.2. The normalized spacial score (nSPS) is 39.3. The van der Waals surface area contributed by atoms with Gasteiger partial charge in [-0.25, -0.2) is 9.59 Å². The molecule has 452 valence electrons. The Morgan fingerprint density at radius 2 is 1.02 bits per heavy atom. The number of hydrogen-bond donors (Lipinski definition) is 0. The number of ether oxygens (including phenoxy) is 10. The van der Waals surface area contributed by atoms with Crippen LogP contribution in [-0.2, 0) is 105 Å². The van der Waals surface area contributed by atoms with Crippen molar-refractivity contribution in [2.24, 2.45) is 39.4 Å². The molecule has 8 heterocycles. The minimum atomic E-state index is -3.56. The summed E-state index contributed by atoms with van der Waals surface area (Å²) < 4.78 is 114. The van der Waals surface area contributed by atoms with Gasteiger partial charge in [0.1, 0.15) is 41.9 Å². The van der Waals surface area contributed by atoms with Gasteiger partial charge in [-0.15, -0.1) is 0 Å². The summed E-state index contributed by atoms with van der Waals surface area (Å²) in [5.74, 6) is -2.59. The van der Waals surface area contributed by atoms with E-state index in [4.69, 9.17) is 55.7 Å². The molecule has 4 bridgehead atoms. The lowest BCUT2D eigenvalue weighted by atomic mass is 9.89. The van der Waals surface area contributed by atoms with Crippen LogP contribution in [0, 0.1) is 39.4 Å². The molecule has 12 fully saturated rings. The third-order valence-corrected chi connectivity index (χ3v) is 23.1. The van der Waals surface area contributed by atoms with E-state index in [1.165, 1.54) is 6.42 Å². The smallest absolute Gasteiger partial charge is 0.350 e. The van der Waals surface area contributed by atoms with E-state index in [0.29, 0.717) is 38.5 Å². The fourth-order valence-electron chi connectivity index (χ4n) is 12.6. The Labute approximate surface area is 470 Å². The van der Waals surface area contributed by atoms with Crippen LogP contribution >= 0.6 is 0 Å². The summed E-state index contributed by atoms with van der Waals surface area (Å²) in [7, 11) is -6.99. The Hall–Kier alpha value is -3.52. The molecule has 0 radical (unpaired) electrons. The van der Waals surface area contributed by atoms with Crippen LogP contribution in [0.4, 0.5) is 0 Å². The number of carbonyl (C=O) groups is 6. The van der Waals surface area contributed by atoms with Gasteiger partial charge in [0.05, 0.1) is 33.0 Å². The van der Waals surface area contributed by atoms with Gasteiger partial charge in [0.15, 0.2) is 30.4 Å². The first-order valence-corrected chi connectivity index (χ1v) is 32.0. The third kappa shape index (κ3) is 11.3. The molecule has 18 atom stereocenters. The summed E-state index contributed by atoms with van der Waals surface area (Å²) in [5, 5.41) is -0.951. The van der Waals surface area contributed by atoms with Crippen molar-refractivity contribution in [2.45, 2.75) is 275 Å². The topological polar surface area (TPSA) is 281 Å². The van der Waals surface area contributed by atoms with Gasteiger partial charge in [-0.3, -0.25) is 27.5 Å². The molecule has 22 nitrogen and oxygen atoms in total. The maximum Gasteiger partial charge on any atom is 0.350 e. The van der Waals surface area contributed by atoms with Gasteiger partial charge in [-0.1, -0.05) is 34.1 Å². The highest BCUT2D eigenvalue weighted by Crippen LogP contribution is 2.56. The van der Waals surface area contributed by atoms with Crippen LogP contribution in [0.3, 0.4) is 0 Å². The molecule has 8 aliphatic heterocycles. The summed E-state index contributed by atoms with van der Waals surface area (Å²) in [6, 6.07) is 0. The first-order valence-electron chi connectivity index (χ1n) is 29.1. The Morgan fingerprint density at radius 3 is 1.61 bits per heavy atom. The molecule has 18 unspecified atom stereocenters. The third-order valence-electron chi connectivity index (χ3n) is 19.6. The maximum absolute atomic E-state index is 12.3. The predicted molar refractivity (Wildman–Crippen MR) is 278 cm³/mol. The second-order valence-electron chi connectivity index (χ2n) is 26.4. The van der Waals surface area contributed by atoms with E-state index >= 15 is 0 Å². The largest absolute Gasteiger partial charge is 0.459 e. The average Bonchev–Trinajstić information content (AvgIpc) is 4.38. The van der Waals surface area contributed by atoms with E-state index in [0.717, 1.165) is 51.4 Å². The lowest BCUT2D eigenvalue weighted by Crippen LogP contribution is -2.43. The molecule has 12 rings (SSSR count). The van der Waals surface area contributed by atoms with Crippen molar-refractivity contribution in [1.29, 1.82) is 0 Å². The Kier molecular flexibility index (Phi) is 16.9. The lowest BCUT2D eigenvalue weighted by Gasteiger charge is -2.33. The maximum atomic E-state index is 12.3. The lowest BCUT2D eigenvalue weighted by molar-refractivity contribution is -0.246. The zero-order chi connectivity index (χ0) is 58.4. The van der Waals surface area contributed by atoms with Gasteiger partial charge in [-0.2, -0.15) is 16.8 Å². The van der Waals surface area contributed by atoms with Crippen LogP contribution in [0.2, 0.25) is 0 Å². The number of esters is 6. The van der Waals surface area contributed by atoms with E-state index in [1.807, 2.05) is 55.4 Å². The fraction of sp³-hybridized carbons (Fsp3) is 0.893. The highest BCUT2D eigenvalue weighted by molar-refractivity contribution is 7.88. The molecule has 0 aromatic rings. The summed E-state index contributed by atoms with van der Waals surface area (Å²) in [4.78, 5) is 72.4. The van der Waals surface area contributed by atoms with Crippen LogP contribution in [0.15, 0.2) is 0 Å². The summed E-state index contributed by atoms with van der Waals surface area (Å²) in [6.45, 7) is 22.2. The molecule has 4 aliphatic carbocycles. The van der Waals surface area contributed by atoms with Gasteiger partial charge >= 0.3 is 35.8 Å². The fourth-order valence-corrected chi connectivity index (χ4v) is 16.1. The molecule has 0 aromatic heterocycles. The van der Waals surface area contributed by atoms with Gasteiger partial charge < -0.3 is 47.4 Å². The minimum Gasteiger partial charge on any atom is -0.459 e. The van der Waals surface area contributed by atoms with Crippen molar-refractivity contribution in [1.82, 2.24) is 0 Å². The molecule has 24 heteroatoms. The number of rotatable bonds is 12. The average molecular weight is 1170 g/mol. The van der Waals surface area contributed by atoms with E-state index < -0.39 is 126 Å². The van der Waals surface area contributed by atoms with Crippen molar-refractivity contribution < 1.29 is 101 Å². The van der Waals surface area contributed by atoms with E-state index in [-0.39, 0.29) is 65.2 Å². The summed E-state index contributed by atoms with van der Waals surface area (Å²) in [5.41, 5.74) is -2.31. The number of fused-ring (bicyclic) bond motifs is 6. The van der Waals surface area contributed by atoms with Crippen molar-refractivity contribution in [2.75, 3.05) is 0 Å². The molecule has 1 spiro atoms. The molecular weight excluding hydrogens is 1090 g/mol. The van der Waals surface area contributed by atoms with Crippen molar-refractivity contribution in [3.8, 4) is 0 Å². The van der Waals surface area contributed by atoms with Gasteiger partial charge in [0.25, 0.3) is 20.2 Å². The Morgan fingerprint density at radius 1 is 0.500 bits per heavy atom. The van der Waals surface area contributed by atoms with Crippen molar-refractivity contribution in [3.63, 3.8) is 0 Å². The predicted octanol–water partition coefficient (Wildman–Crippen LogP) is 6.19. The molecule has 0 aromatic carbocycles. The molecular formula is C56H84O22S2. The molecule has 12 aliphatic rings. The monoisotopic (exact) mass is 1170 g/mol. The van der Waals surface area contributed by atoms with E-state index in [9.17, 15) is 45.6 Å². The van der Waals surface area contributed by atoms with Crippen molar-refractivity contribution >= 4 is 56.1 Å². The molecule has 8 saturated heterocycles. The Bertz CT molecular complexity index is 2530. The number of hydrogen-bond acceptors (Lipinski definition) is 22. The zero-order valence-corrected chi connectivity index (χ0v) is 49.9. The first kappa shape index (κ1) is 61.1. The van der Waals surface area contributed by atoms with Gasteiger partial charge in [0.2, 0.25) is 12.2 Å². The standard InChI is InChI=1S/C18H26O7.C13H20O5S.C13H20O4.C12H18O6S/c1-4-17(2,3)16(20)23-12-10-11(21-14(12)19)13-15(22-10)25-18(24-13)8-6-5-7-9-18;1-4-13(2,3)12(14)17-10-7-5-8-9(6-7)19(15,16)18-11(8)10;1-4-13(2,3)12(15)17-10-8-6-5-7-9(8)16-11(10)14;1-4-12(2,3)11(13)17-8-6-5-7-9(16-6)10(8)18-19(7,14)15/h10-13,15H,4-9H2,1-3H3;7-11H,4-6H2,1-3H3;8-10H,4-7H2,1-3H3;6-10H,4-5H2,1-3H3. The summed E-state index contributed by atoms with van der Waals surface area (Å²) >= 11 is 0. The molecule has 80 heavy (non-hydrogen) atoms. The van der Waals surface area contributed by atoms with E-state index in [1.54, 1.807) is 27.7 Å². The second kappa shape index (κ2) is 22.2. The molecule has 0 N–H and O–H groups in total. The SMILES string of the molecule is CCC(C)(C)C(=O)OC1C(=O)OC2C3OC4(CCCCC4)OC3OC12.CCC(C)(C)C(=O)OC1C(=O)OC2CCCC21.CCC(C)(C)C(=O)OC1C2CC3C(O2)C1OS3(=O)=O.CCC(C)(C)C(=O)OC1C2CC3C1OS(=O)(=O)C3C2. The second-order valence-corrected chi connectivity index (χ2v) is 30.0. The first-order chi connectivity index (χ1) is 37.3. The van der Waals surface area contributed by atoms with Crippen LogP contribution in [0.25, 0.3) is 0 Å². The molecule has 0 amide bonds. The quantitative estimate of drug-likeness (QED) is 0.119. The Balaban J connectivity index is 0.000000131. The van der Waals surface area contributed by atoms with Crippen molar-refractivity contribution in [3.05, 3.63) is 0 Å². The van der Waals surface area contributed by atoms with Crippen LogP contribution in [0.1, 0.15) is 179 Å². The van der Waals surface area contributed by atoms with E-state index in [2.05, 4.69) is 0 Å². The zero-order valence-electron chi connectivity index (χ0n) is 48.3. The van der Waals surface area contributed by atoms with Crippen LogP contribution < -0.4 is 0 Å². The minimum absolute atomic E-state index is 0.0231. The summed E-state index contributed by atoms with van der Waals surface area (Å²) in [6.07, 6.45) is 5.30. The molecule has 4 saturated carbocycles. The number of carbonyl (C=O) groups excluding carboxylic acids is 6. The highest BCUT2D eigenvalue weighted by Gasteiger charge is 2.69. The van der Waals surface area contributed by atoms with Gasteiger partial charge in [0, 0.05) is 30.6 Å². The van der Waals surface area contributed by atoms with Crippen LogP contribution in [0.5, 0.6) is 0 Å². The van der Waals surface area contributed by atoms with Crippen LogP contribution in [-0.4, -0.2) is 148 Å². The van der Waals surface area contributed by atoms with Gasteiger partial charge in [-0.05, 0) is 132 Å².